The van der Waals surface area contributed by atoms with Gasteiger partial charge < -0.3 is 77.1 Å². The number of imidazole rings is 4. The second-order valence-corrected chi connectivity index (χ2v) is 38.6. The van der Waals surface area contributed by atoms with Gasteiger partial charge in [0.2, 0.25) is 23.6 Å². The summed E-state index contributed by atoms with van der Waals surface area (Å²) in [6.07, 6.45) is 7.15. The lowest BCUT2D eigenvalue weighted by Crippen LogP contribution is -2.52. The summed E-state index contributed by atoms with van der Waals surface area (Å²) in [4.78, 5) is 126. The maximum absolute atomic E-state index is 14.1. The standard InChI is InChI=1S/C52H58N8O6.C50H56N8O4/c1-49(2,3)41(57-45(61)51(59-47(63)65-7)27-37(51)33-15-11-9-12-16-33)43-53-29-39(55-43)35-23-19-31(20-24-35)32-21-25-36(26-22-32)40-30-54-44(56-40)42(50(4,5)6)58-46(62)52(60-48(64)66-8)28-38(52)34-17-13-10-14-18-34;1-47(2,3)40(56-44(59)49(51)26-36(49)32-14-10-8-11-15-32)42-52-28-38(54-42)34-22-18-30(19-23-34)31-20-24-35(25-21-31)39-29-53-43(55-39)41(48(4,5)6)57-45(60)50(58-46(61)62-7)27-37(50)33-16-12-9-13-17-33/h9-26,29-30,37-38,41-42H,27-28H2,1-8H3,(H,53,55)(H,54,56)(H,57,61)(H,58,62)(H,59,63)(H,60,64);8-25,28-29,36-37,40-41H,26-27,51H2,1-7H3,(H,52,54)(H,53,55)(H,56,59)(H,57,60)(H,58,61)/t37-,38-,41-,42-,51-,52-;36-,37-,40-,41-,49-,50-/m11/s1. The molecule has 7 amide bonds. The van der Waals surface area contributed by atoms with E-state index in [4.69, 9.17) is 39.9 Å². The highest BCUT2D eigenvalue weighted by Gasteiger charge is 2.65. The van der Waals surface area contributed by atoms with E-state index in [0.29, 0.717) is 49.0 Å². The van der Waals surface area contributed by atoms with Gasteiger partial charge in [0.15, 0.2) is 0 Å². The van der Waals surface area contributed by atoms with Gasteiger partial charge in [0.25, 0.3) is 0 Å². The monoisotopic (exact) mass is 1720 g/mol. The number of ether oxygens (including phenoxy) is 3. The number of hydrogen-bond donors (Lipinski definition) is 12. The minimum atomic E-state index is -1.14. The molecule has 26 nitrogen and oxygen atoms in total. The number of aromatic nitrogens is 8. The first-order valence-electron chi connectivity index (χ1n) is 43.4. The largest absolute Gasteiger partial charge is 0.453 e. The van der Waals surface area contributed by atoms with Gasteiger partial charge in [0, 0.05) is 23.7 Å². The Morgan fingerprint density at radius 3 is 0.719 bits per heavy atom. The van der Waals surface area contributed by atoms with E-state index in [1.165, 1.54) is 21.3 Å². The molecule has 128 heavy (non-hydrogen) atoms. The van der Waals surface area contributed by atoms with Crippen molar-refractivity contribution in [3.05, 3.63) is 289 Å². The molecule has 16 rings (SSSR count). The summed E-state index contributed by atoms with van der Waals surface area (Å²) >= 11 is 0. The van der Waals surface area contributed by atoms with Crippen LogP contribution in [0.3, 0.4) is 0 Å². The van der Waals surface area contributed by atoms with Crippen molar-refractivity contribution in [2.45, 2.75) is 179 Å². The van der Waals surface area contributed by atoms with Crippen molar-refractivity contribution in [2.75, 3.05) is 21.3 Å². The van der Waals surface area contributed by atoms with Gasteiger partial charge in [-0.15, -0.1) is 0 Å². The van der Waals surface area contributed by atoms with E-state index in [2.05, 4.69) is 139 Å². The Hall–Kier alpha value is -13.8. The molecule has 8 aromatic carbocycles. The molecule has 4 aromatic heterocycles. The summed E-state index contributed by atoms with van der Waals surface area (Å²) < 4.78 is 14.7. The van der Waals surface area contributed by atoms with Crippen LogP contribution in [-0.2, 0) is 33.4 Å². The Morgan fingerprint density at radius 1 is 0.305 bits per heavy atom. The second kappa shape index (κ2) is 35.2. The molecule has 0 saturated heterocycles. The molecule has 13 N–H and O–H groups in total. The average molecular weight is 1720 g/mol. The highest BCUT2D eigenvalue weighted by atomic mass is 16.5. The molecule has 0 radical (unpaired) electrons. The number of nitrogens with two attached hydrogens (primary N) is 1. The number of nitrogens with zero attached hydrogens (tertiary/aromatic N) is 4. The summed E-state index contributed by atoms with van der Waals surface area (Å²) in [5.74, 6) is 0.884. The summed E-state index contributed by atoms with van der Waals surface area (Å²) in [6, 6.07) is 70.1. The molecule has 12 atom stereocenters. The van der Waals surface area contributed by atoms with Gasteiger partial charge in [-0.3, -0.25) is 19.2 Å². The fourth-order valence-corrected chi connectivity index (χ4v) is 17.4. The van der Waals surface area contributed by atoms with Gasteiger partial charge in [0.05, 0.1) is 93.1 Å². The summed E-state index contributed by atoms with van der Waals surface area (Å²) in [5.41, 5.74) is 15.9. The average Bonchev–Trinajstić information content (AvgIpc) is 1.57. The Kier molecular flexibility index (Phi) is 24.5. The van der Waals surface area contributed by atoms with Crippen LogP contribution in [0.25, 0.3) is 67.3 Å². The molecule has 12 aromatic rings. The molecule has 4 heterocycles. The second-order valence-electron chi connectivity index (χ2n) is 38.6. The number of hydrogen-bond acceptors (Lipinski definition) is 15. The van der Waals surface area contributed by atoms with Crippen molar-refractivity contribution < 1.29 is 47.8 Å². The number of nitrogens with one attached hydrogen (secondary N) is 11. The van der Waals surface area contributed by atoms with E-state index in [1.54, 1.807) is 18.6 Å². The molecule has 4 fully saturated rings. The number of methoxy groups -OCH3 is 3. The molecule has 0 spiro atoms. The first kappa shape index (κ1) is 89.1. The highest BCUT2D eigenvalue weighted by molar-refractivity contribution is 5.98. The Morgan fingerprint density at radius 2 is 0.508 bits per heavy atom. The van der Waals surface area contributed by atoms with Crippen LogP contribution in [0.4, 0.5) is 14.4 Å². The number of benzene rings is 8. The maximum atomic E-state index is 14.1. The number of amides is 7. The van der Waals surface area contributed by atoms with E-state index < -0.39 is 74.8 Å². The molecule has 4 saturated carbocycles. The molecule has 0 unspecified atom stereocenters. The highest BCUT2D eigenvalue weighted by Crippen LogP contribution is 2.56. The maximum Gasteiger partial charge on any atom is 0.407 e. The van der Waals surface area contributed by atoms with Crippen molar-refractivity contribution in [3.63, 3.8) is 0 Å². The van der Waals surface area contributed by atoms with Crippen LogP contribution in [0.15, 0.2) is 243 Å². The molecule has 26 heteroatoms. The number of carbonyl (C=O) groups is 7. The Labute approximate surface area is 746 Å². The topological polar surface area (TPSA) is 372 Å². The van der Waals surface area contributed by atoms with Gasteiger partial charge in [-0.25, -0.2) is 34.3 Å². The molecule has 662 valence electrons. The van der Waals surface area contributed by atoms with Crippen LogP contribution in [0.5, 0.6) is 0 Å². The third-order valence-electron chi connectivity index (χ3n) is 25.4. The van der Waals surface area contributed by atoms with Crippen LogP contribution >= 0.6 is 0 Å². The predicted octanol–water partition coefficient (Wildman–Crippen LogP) is 17.8. The lowest BCUT2D eigenvalue weighted by molar-refractivity contribution is -0.126. The first-order valence-corrected chi connectivity index (χ1v) is 43.4. The van der Waals surface area contributed by atoms with E-state index in [1.807, 2.05) is 226 Å². The van der Waals surface area contributed by atoms with Gasteiger partial charge in [-0.05, 0) is 114 Å². The van der Waals surface area contributed by atoms with Crippen LogP contribution in [-0.4, -0.2) is 125 Å². The first-order chi connectivity index (χ1) is 60.9. The minimum Gasteiger partial charge on any atom is -0.453 e. The zero-order valence-electron chi connectivity index (χ0n) is 75.0. The van der Waals surface area contributed by atoms with Crippen LogP contribution in [0, 0.1) is 21.7 Å². The summed E-state index contributed by atoms with van der Waals surface area (Å²) in [6.45, 7) is 24.6. The number of rotatable bonds is 25. The van der Waals surface area contributed by atoms with Crippen LogP contribution < -0.4 is 43.0 Å². The molecule has 0 aliphatic heterocycles. The quantitative estimate of drug-likeness (QED) is 0.0237. The number of aromatic amines is 4. The zero-order chi connectivity index (χ0) is 91.0. The molecule has 4 aliphatic rings. The summed E-state index contributed by atoms with van der Waals surface area (Å²) in [7, 11) is 3.88. The van der Waals surface area contributed by atoms with Gasteiger partial charge in [0.1, 0.15) is 45.5 Å². The molecular weight excluding hydrogens is 1610 g/mol. The lowest BCUT2D eigenvalue weighted by atomic mass is 9.85. The van der Waals surface area contributed by atoms with Crippen molar-refractivity contribution in [1.29, 1.82) is 0 Å². The van der Waals surface area contributed by atoms with Crippen molar-refractivity contribution in [1.82, 2.24) is 77.1 Å². The zero-order valence-corrected chi connectivity index (χ0v) is 75.0. The SMILES string of the molecule is COC(=O)N[C@]1(C(=O)N[C@H](c2ncc(-c3ccc(-c4ccc(-c5cnc([C@@H](NC(=O)[C@@]6(N)C[C@@H]6c6ccccc6)C(C)(C)C)[nH]5)cc4)cc3)[nH]2)C(C)(C)C)C[C@@H]1c1ccccc1.COC(=O)N[C@]1(C(=O)N[C@H](c2ncc(-c3ccc(-c4ccc(-c5cnc([C@@H](NC(=O)[C@@]6(NC(=O)OC)C[C@@H]6c6ccccc6)C(C)(C)C)[nH]5)cc4)cc3)[nH]2)C(C)(C)C)C[C@@H]1c1ccccc1. The van der Waals surface area contributed by atoms with E-state index in [9.17, 15) is 33.6 Å². The van der Waals surface area contributed by atoms with Gasteiger partial charge >= 0.3 is 18.3 Å². The van der Waals surface area contributed by atoms with Crippen LogP contribution in [0.2, 0.25) is 0 Å². The molecule has 4 aliphatic carbocycles. The third-order valence-corrected chi connectivity index (χ3v) is 25.4. The van der Waals surface area contributed by atoms with Crippen LogP contribution in [0.1, 0.15) is 202 Å². The third kappa shape index (κ3) is 18.9. The van der Waals surface area contributed by atoms with Gasteiger partial charge in [-0.1, -0.05) is 301 Å². The van der Waals surface area contributed by atoms with E-state index >= 15 is 0 Å². The fourth-order valence-electron chi connectivity index (χ4n) is 17.4. The lowest BCUT2D eigenvalue weighted by Gasteiger charge is -2.32. The minimum absolute atomic E-state index is 0.00811. The smallest absolute Gasteiger partial charge is 0.407 e. The van der Waals surface area contributed by atoms with Crippen molar-refractivity contribution >= 4 is 41.9 Å². The Balaban J connectivity index is 0.000000197. The molecular formula is C102H114N16O10. The number of carbonyl (C=O) groups excluding carboxylic acids is 7. The van der Waals surface area contributed by atoms with E-state index in [-0.39, 0.29) is 58.8 Å². The van der Waals surface area contributed by atoms with E-state index in [0.717, 1.165) is 89.5 Å². The van der Waals surface area contributed by atoms with Crippen molar-refractivity contribution in [3.8, 4) is 67.3 Å². The van der Waals surface area contributed by atoms with Gasteiger partial charge in [-0.2, -0.15) is 0 Å². The van der Waals surface area contributed by atoms with Crippen molar-refractivity contribution in [2.24, 2.45) is 27.4 Å². The number of H-pyrrole nitrogens is 4. The predicted molar refractivity (Wildman–Crippen MR) is 492 cm³/mol. The summed E-state index contributed by atoms with van der Waals surface area (Å²) in [5, 5.41) is 21.4. The number of alkyl carbamates (subject to hydrolysis) is 3. The normalized spacial score (nSPS) is 21.2. The fraction of sp³-hybridized carbons (Fsp3) is 0.343. The Bertz CT molecular complexity index is 5800. The molecule has 0 bridgehead atoms.